The number of rotatable bonds is 8. The molecule has 178 valence electrons. The summed E-state index contributed by atoms with van der Waals surface area (Å²) >= 11 is 5.78. The number of carbonyl (C=O) groups is 2. The Balaban J connectivity index is 1.58. The van der Waals surface area contributed by atoms with Gasteiger partial charge >= 0.3 is 12.1 Å². The Labute approximate surface area is 193 Å². The van der Waals surface area contributed by atoms with E-state index in [9.17, 15) is 22.8 Å². The van der Waals surface area contributed by atoms with Gasteiger partial charge in [-0.1, -0.05) is 23.7 Å². The van der Waals surface area contributed by atoms with Crippen LogP contribution in [0.2, 0.25) is 5.02 Å². The van der Waals surface area contributed by atoms with Crippen LogP contribution in [0.1, 0.15) is 12.5 Å². The van der Waals surface area contributed by atoms with Gasteiger partial charge in [0.25, 0.3) is 5.91 Å². The molecule has 0 spiro atoms. The molecule has 1 heterocycles. The fraction of sp³-hybridized carbons (Fsp3) is 0.364. The maximum atomic E-state index is 13.5. The van der Waals surface area contributed by atoms with E-state index in [0.717, 1.165) is 11.6 Å². The highest BCUT2D eigenvalue weighted by Crippen LogP contribution is 2.34. The van der Waals surface area contributed by atoms with Gasteiger partial charge < -0.3 is 19.5 Å². The van der Waals surface area contributed by atoms with Gasteiger partial charge in [-0.05, 0) is 36.8 Å². The number of hydrogen-bond acceptors (Lipinski definition) is 5. The van der Waals surface area contributed by atoms with Gasteiger partial charge in [0.1, 0.15) is 5.82 Å². The average Bonchev–Trinajstić information content (AvgIpc) is 2.74. The van der Waals surface area contributed by atoms with E-state index in [0.29, 0.717) is 26.2 Å². The quantitative estimate of drug-likeness (QED) is 0.613. The number of hydrogen-bond donors (Lipinski definition) is 1. The first-order valence-electron chi connectivity index (χ1n) is 10.0. The number of carboxylic acid groups (broad SMARTS) is 1. The van der Waals surface area contributed by atoms with Gasteiger partial charge in [0.05, 0.1) is 0 Å². The number of carboxylic acids is 1. The standard InChI is InChI=1S/C22H22ClF3N2O5/c1-14-11-27(12-15-2-5-17(24)6-3-15)8-9-28(14)20(29)13-32-18-7-4-16(23)10-19(18)33-22(25,26)21(30)31/h2-7,10,14H,8-9,11-13H2,1H3,(H,30,31)/t14-/m1/s1. The molecule has 1 amide bonds. The molecule has 1 saturated heterocycles. The van der Waals surface area contributed by atoms with Gasteiger partial charge in [0.2, 0.25) is 0 Å². The molecule has 1 atom stereocenters. The van der Waals surface area contributed by atoms with E-state index in [1.165, 1.54) is 24.3 Å². The molecular formula is C22H22ClF3N2O5. The molecule has 0 bridgehead atoms. The maximum absolute atomic E-state index is 13.5. The first-order valence-corrected chi connectivity index (χ1v) is 10.4. The van der Waals surface area contributed by atoms with Crippen molar-refractivity contribution >= 4 is 23.5 Å². The smallest absolute Gasteiger partial charge is 0.480 e. The largest absolute Gasteiger partial charge is 0.502 e. The summed E-state index contributed by atoms with van der Waals surface area (Å²) in [5.74, 6) is -3.98. The van der Waals surface area contributed by atoms with Crippen LogP contribution >= 0.6 is 11.6 Å². The molecule has 1 aliphatic rings. The lowest BCUT2D eigenvalue weighted by molar-refractivity contribution is -0.211. The van der Waals surface area contributed by atoms with Gasteiger partial charge in [-0.25, -0.2) is 9.18 Å². The molecule has 0 saturated carbocycles. The number of alkyl halides is 2. The fourth-order valence-electron chi connectivity index (χ4n) is 3.48. The van der Waals surface area contributed by atoms with Crippen molar-refractivity contribution in [2.75, 3.05) is 26.2 Å². The molecule has 1 fully saturated rings. The van der Waals surface area contributed by atoms with Crippen molar-refractivity contribution in [3.63, 3.8) is 0 Å². The molecular weight excluding hydrogens is 465 g/mol. The Kier molecular flexibility index (Phi) is 7.70. The Hall–Kier alpha value is -2.98. The van der Waals surface area contributed by atoms with E-state index in [4.69, 9.17) is 21.4 Å². The topological polar surface area (TPSA) is 79.3 Å². The van der Waals surface area contributed by atoms with E-state index in [1.807, 2.05) is 6.92 Å². The summed E-state index contributed by atoms with van der Waals surface area (Å²) in [6.07, 6.45) is -4.50. The summed E-state index contributed by atoms with van der Waals surface area (Å²) in [6, 6.07) is 9.61. The van der Waals surface area contributed by atoms with Gasteiger partial charge in [0, 0.05) is 43.3 Å². The van der Waals surface area contributed by atoms with Gasteiger partial charge in [-0.15, -0.1) is 0 Å². The number of aliphatic carboxylic acids is 1. The summed E-state index contributed by atoms with van der Waals surface area (Å²) < 4.78 is 49.7. The third kappa shape index (κ3) is 6.52. The predicted molar refractivity (Wildman–Crippen MR) is 113 cm³/mol. The van der Waals surface area contributed by atoms with Gasteiger partial charge in [-0.3, -0.25) is 9.69 Å². The van der Waals surface area contributed by atoms with E-state index in [1.54, 1.807) is 17.0 Å². The Morgan fingerprint density at radius 1 is 1.15 bits per heavy atom. The summed E-state index contributed by atoms with van der Waals surface area (Å²) in [4.78, 5) is 27.1. The van der Waals surface area contributed by atoms with Crippen LogP contribution in [0.5, 0.6) is 11.5 Å². The lowest BCUT2D eigenvalue weighted by atomic mass is 10.1. The predicted octanol–water partition coefficient (Wildman–Crippen LogP) is 3.65. The minimum Gasteiger partial charge on any atom is -0.480 e. The Bertz CT molecular complexity index is 1010. The SMILES string of the molecule is C[C@@H]1CN(Cc2ccc(F)cc2)CCN1C(=O)COc1ccc(Cl)cc1OC(F)(F)C(=O)O. The molecule has 2 aromatic carbocycles. The Morgan fingerprint density at radius 2 is 1.85 bits per heavy atom. The minimum absolute atomic E-state index is 0.0239. The van der Waals surface area contributed by atoms with Crippen molar-refractivity contribution in [3.05, 3.63) is 58.9 Å². The highest BCUT2D eigenvalue weighted by atomic mass is 35.5. The van der Waals surface area contributed by atoms with E-state index in [-0.39, 0.29) is 28.5 Å². The number of halogens is 4. The van der Waals surface area contributed by atoms with Crippen LogP contribution in [0.3, 0.4) is 0 Å². The van der Waals surface area contributed by atoms with Crippen LogP contribution in [0.15, 0.2) is 42.5 Å². The number of benzene rings is 2. The van der Waals surface area contributed by atoms with Crippen LogP contribution < -0.4 is 9.47 Å². The lowest BCUT2D eigenvalue weighted by Gasteiger charge is -2.39. The Morgan fingerprint density at radius 3 is 2.48 bits per heavy atom. The number of nitrogens with zero attached hydrogens (tertiary/aromatic N) is 2. The highest BCUT2D eigenvalue weighted by Gasteiger charge is 2.43. The van der Waals surface area contributed by atoms with Crippen LogP contribution in [0.4, 0.5) is 13.2 Å². The zero-order valence-corrected chi connectivity index (χ0v) is 18.4. The maximum Gasteiger partial charge on any atom is 0.502 e. The lowest BCUT2D eigenvalue weighted by Crippen LogP contribution is -2.54. The monoisotopic (exact) mass is 486 g/mol. The minimum atomic E-state index is -4.50. The van der Waals surface area contributed by atoms with E-state index >= 15 is 0 Å². The molecule has 0 aliphatic carbocycles. The fourth-order valence-corrected chi connectivity index (χ4v) is 3.64. The third-order valence-electron chi connectivity index (χ3n) is 5.10. The molecule has 11 heteroatoms. The van der Waals surface area contributed by atoms with E-state index < -0.39 is 24.4 Å². The molecule has 1 aliphatic heterocycles. The van der Waals surface area contributed by atoms with Crippen molar-refractivity contribution in [2.24, 2.45) is 0 Å². The summed E-state index contributed by atoms with van der Waals surface area (Å²) in [7, 11) is 0. The first kappa shape index (κ1) is 24.7. The third-order valence-corrected chi connectivity index (χ3v) is 5.33. The van der Waals surface area contributed by atoms with Gasteiger partial charge in [-0.2, -0.15) is 8.78 Å². The number of ether oxygens (including phenoxy) is 2. The zero-order chi connectivity index (χ0) is 24.2. The van der Waals surface area contributed by atoms with Crippen molar-refractivity contribution in [2.45, 2.75) is 25.6 Å². The molecule has 7 nitrogen and oxygen atoms in total. The number of amides is 1. The van der Waals surface area contributed by atoms with E-state index in [2.05, 4.69) is 9.64 Å². The zero-order valence-electron chi connectivity index (χ0n) is 17.6. The molecule has 33 heavy (non-hydrogen) atoms. The average molecular weight is 487 g/mol. The van der Waals surface area contributed by atoms with Crippen LogP contribution in [0.25, 0.3) is 0 Å². The molecule has 1 N–H and O–H groups in total. The second-order valence-electron chi connectivity index (χ2n) is 7.60. The first-order chi connectivity index (χ1) is 15.5. The molecule has 2 aromatic rings. The van der Waals surface area contributed by atoms with Crippen LogP contribution in [-0.4, -0.2) is 65.2 Å². The summed E-state index contributed by atoms with van der Waals surface area (Å²) in [5, 5.41) is 8.60. The highest BCUT2D eigenvalue weighted by molar-refractivity contribution is 6.30. The molecule has 3 rings (SSSR count). The summed E-state index contributed by atoms with van der Waals surface area (Å²) in [5.41, 5.74) is 0.958. The van der Waals surface area contributed by atoms with Crippen molar-refractivity contribution < 1.29 is 37.3 Å². The second-order valence-corrected chi connectivity index (χ2v) is 8.04. The van der Waals surface area contributed by atoms with Crippen molar-refractivity contribution in [1.29, 1.82) is 0 Å². The summed E-state index contributed by atoms with van der Waals surface area (Å²) in [6.45, 7) is 3.63. The number of piperazine rings is 1. The molecule has 0 aromatic heterocycles. The van der Waals surface area contributed by atoms with Crippen molar-refractivity contribution in [1.82, 2.24) is 9.80 Å². The second kappa shape index (κ2) is 10.3. The molecule has 0 radical (unpaired) electrons. The number of carbonyl (C=O) groups excluding carboxylic acids is 1. The van der Waals surface area contributed by atoms with Crippen molar-refractivity contribution in [3.8, 4) is 11.5 Å². The van der Waals surface area contributed by atoms with Gasteiger partial charge in [0.15, 0.2) is 18.1 Å². The normalized spacial score (nSPS) is 17.0. The molecule has 0 unspecified atom stereocenters. The van der Waals surface area contributed by atoms with Crippen LogP contribution in [0, 0.1) is 5.82 Å². The van der Waals surface area contributed by atoms with Crippen LogP contribution in [-0.2, 0) is 16.1 Å².